The van der Waals surface area contributed by atoms with E-state index >= 15 is 0 Å². The fraction of sp³-hybridized carbons (Fsp3) is 0.143. The van der Waals surface area contributed by atoms with E-state index in [0.29, 0.717) is 5.69 Å². The van der Waals surface area contributed by atoms with Crippen LogP contribution in [0.5, 0.6) is 0 Å². The number of hydrogen-bond donors (Lipinski definition) is 1. The highest BCUT2D eigenvalue weighted by molar-refractivity contribution is 5.46. The van der Waals surface area contributed by atoms with Crippen LogP contribution in [0.3, 0.4) is 0 Å². The average molecular weight is 215 g/mol. The molecule has 0 spiro atoms. The van der Waals surface area contributed by atoms with Crippen molar-refractivity contribution in [3.05, 3.63) is 66.0 Å². The van der Waals surface area contributed by atoms with Crippen LogP contribution in [0.1, 0.15) is 18.5 Å². The Morgan fingerprint density at radius 2 is 1.56 bits per heavy atom. The SMILES string of the molecule is CC(Nc1ccccc1F)c1ccccc1. The fourth-order valence-corrected chi connectivity index (χ4v) is 1.64. The predicted molar refractivity (Wildman–Crippen MR) is 64.9 cm³/mol. The van der Waals surface area contributed by atoms with Gasteiger partial charge in [0.2, 0.25) is 0 Å². The summed E-state index contributed by atoms with van der Waals surface area (Å²) in [5, 5.41) is 3.15. The molecule has 0 bridgehead atoms. The van der Waals surface area contributed by atoms with Crippen molar-refractivity contribution in [1.29, 1.82) is 0 Å². The number of halogens is 1. The van der Waals surface area contributed by atoms with E-state index in [2.05, 4.69) is 5.32 Å². The van der Waals surface area contributed by atoms with E-state index in [4.69, 9.17) is 0 Å². The van der Waals surface area contributed by atoms with Crippen LogP contribution in [0.15, 0.2) is 54.6 Å². The monoisotopic (exact) mass is 215 g/mol. The molecule has 0 aliphatic heterocycles. The van der Waals surface area contributed by atoms with Crippen LogP contribution in [-0.4, -0.2) is 0 Å². The zero-order chi connectivity index (χ0) is 11.4. The third-order valence-electron chi connectivity index (χ3n) is 2.55. The van der Waals surface area contributed by atoms with Crippen LogP contribution in [0, 0.1) is 5.82 Å². The Hall–Kier alpha value is -1.83. The van der Waals surface area contributed by atoms with E-state index in [1.165, 1.54) is 6.07 Å². The highest BCUT2D eigenvalue weighted by atomic mass is 19.1. The van der Waals surface area contributed by atoms with Crippen LogP contribution >= 0.6 is 0 Å². The summed E-state index contributed by atoms with van der Waals surface area (Å²) >= 11 is 0. The lowest BCUT2D eigenvalue weighted by Crippen LogP contribution is -2.07. The maximum atomic E-state index is 13.4. The molecule has 1 atom stereocenters. The van der Waals surface area contributed by atoms with Crippen molar-refractivity contribution >= 4 is 5.69 Å². The predicted octanol–water partition coefficient (Wildman–Crippen LogP) is 4.00. The van der Waals surface area contributed by atoms with Gasteiger partial charge in [0.05, 0.1) is 5.69 Å². The minimum absolute atomic E-state index is 0.0955. The molecular formula is C14H14FN. The van der Waals surface area contributed by atoms with Gasteiger partial charge in [-0.25, -0.2) is 4.39 Å². The van der Waals surface area contributed by atoms with Crippen LogP contribution in [0.25, 0.3) is 0 Å². The molecule has 0 aromatic heterocycles. The number of para-hydroxylation sites is 1. The van der Waals surface area contributed by atoms with Crippen molar-refractivity contribution in [3.8, 4) is 0 Å². The first-order valence-electron chi connectivity index (χ1n) is 5.33. The molecule has 1 N–H and O–H groups in total. The van der Waals surface area contributed by atoms with Gasteiger partial charge < -0.3 is 5.32 Å². The van der Waals surface area contributed by atoms with Gasteiger partial charge in [-0.2, -0.15) is 0 Å². The van der Waals surface area contributed by atoms with Crippen molar-refractivity contribution in [1.82, 2.24) is 0 Å². The zero-order valence-corrected chi connectivity index (χ0v) is 9.15. The molecule has 0 amide bonds. The van der Waals surface area contributed by atoms with Crippen molar-refractivity contribution in [2.75, 3.05) is 5.32 Å². The summed E-state index contributed by atoms with van der Waals surface area (Å²) in [7, 11) is 0. The molecule has 2 aromatic rings. The first-order valence-corrected chi connectivity index (χ1v) is 5.33. The lowest BCUT2D eigenvalue weighted by Gasteiger charge is -2.15. The quantitative estimate of drug-likeness (QED) is 0.816. The Kier molecular flexibility index (Phi) is 3.20. The third kappa shape index (κ3) is 2.40. The molecule has 2 rings (SSSR count). The van der Waals surface area contributed by atoms with Gasteiger partial charge in [-0.05, 0) is 24.6 Å². The first-order chi connectivity index (χ1) is 7.77. The summed E-state index contributed by atoms with van der Waals surface area (Å²) in [6.07, 6.45) is 0. The van der Waals surface area contributed by atoms with E-state index in [1.807, 2.05) is 43.3 Å². The minimum atomic E-state index is -0.217. The topological polar surface area (TPSA) is 12.0 Å². The van der Waals surface area contributed by atoms with Gasteiger partial charge in [0, 0.05) is 6.04 Å². The molecule has 82 valence electrons. The molecule has 0 heterocycles. The summed E-state index contributed by atoms with van der Waals surface area (Å²) in [6, 6.07) is 16.8. The average Bonchev–Trinajstić information content (AvgIpc) is 2.33. The summed E-state index contributed by atoms with van der Waals surface area (Å²) in [5.41, 5.74) is 1.68. The fourth-order valence-electron chi connectivity index (χ4n) is 1.64. The number of hydrogen-bond acceptors (Lipinski definition) is 1. The smallest absolute Gasteiger partial charge is 0.146 e. The summed E-state index contributed by atoms with van der Waals surface area (Å²) < 4.78 is 13.4. The van der Waals surface area contributed by atoms with E-state index in [1.54, 1.807) is 12.1 Å². The molecule has 2 heteroatoms. The zero-order valence-electron chi connectivity index (χ0n) is 9.15. The van der Waals surface area contributed by atoms with Crippen LogP contribution in [-0.2, 0) is 0 Å². The lowest BCUT2D eigenvalue weighted by molar-refractivity contribution is 0.627. The second kappa shape index (κ2) is 4.79. The van der Waals surface area contributed by atoms with E-state index in [9.17, 15) is 4.39 Å². The Labute approximate surface area is 94.9 Å². The van der Waals surface area contributed by atoms with Crippen molar-refractivity contribution in [3.63, 3.8) is 0 Å². The van der Waals surface area contributed by atoms with E-state index < -0.39 is 0 Å². The molecular weight excluding hydrogens is 201 g/mol. The molecule has 0 saturated heterocycles. The van der Waals surface area contributed by atoms with Crippen molar-refractivity contribution in [2.45, 2.75) is 13.0 Å². The molecule has 0 aliphatic rings. The maximum absolute atomic E-state index is 13.4. The number of benzene rings is 2. The number of nitrogens with one attached hydrogen (secondary N) is 1. The molecule has 0 aliphatic carbocycles. The van der Waals surface area contributed by atoms with Crippen LogP contribution < -0.4 is 5.32 Å². The van der Waals surface area contributed by atoms with Gasteiger partial charge in [-0.3, -0.25) is 0 Å². The second-order valence-corrected chi connectivity index (χ2v) is 3.76. The lowest BCUT2D eigenvalue weighted by atomic mass is 10.1. The van der Waals surface area contributed by atoms with Gasteiger partial charge in [0.15, 0.2) is 0 Å². The standard InChI is InChI=1S/C14H14FN/c1-11(12-7-3-2-4-8-12)16-14-10-6-5-9-13(14)15/h2-11,16H,1H3. The largest absolute Gasteiger partial charge is 0.376 e. The molecule has 0 saturated carbocycles. The minimum Gasteiger partial charge on any atom is -0.376 e. The molecule has 1 unspecified atom stereocenters. The van der Waals surface area contributed by atoms with E-state index in [0.717, 1.165) is 5.56 Å². The molecule has 1 nitrogen and oxygen atoms in total. The van der Waals surface area contributed by atoms with E-state index in [-0.39, 0.29) is 11.9 Å². The summed E-state index contributed by atoms with van der Waals surface area (Å²) in [6.45, 7) is 2.02. The van der Waals surface area contributed by atoms with Gasteiger partial charge in [0.25, 0.3) is 0 Å². The highest BCUT2D eigenvalue weighted by Gasteiger charge is 2.06. The Morgan fingerprint density at radius 3 is 2.25 bits per heavy atom. The Morgan fingerprint density at radius 1 is 0.938 bits per heavy atom. The molecule has 2 aromatic carbocycles. The molecule has 16 heavy (non-hydrogen) atoms. The second-order valence-electron chi connectivity index (χ2n) is 3.76. The Bertz CT molecular complexity index is 453. The van der Waals surface area contributed by atoms with Crippen LogP contribution in [0.2, 0.25) is 0 Å². The Balaban J connectivity index is 2.14. The summed E-state index contributed by atoms with van der Waals surface area (Å²) in [4.78, 5) is 0. The summed E-state index contributed by atoms with van der Waals surface area (Å²) in [5.74, 6) is -0.217. The van der Waals surface area contributed by atoms with Crippen molar-refractivity contribution < 1.29 is 4.39 Å². The number of anilines is 1. The normalized spacial score (nSPS) is 12.1. The van der Waals surface area contributed by atoms with Crippen molar-refractivity contribution in [2.24, 2.45) is 0 Å². The van der Waals surface area contributed by atoms with Crippen LogP contribution in [0.4, 0.5) is 10.1 Å². The van der Waals surface area contributed by atoms with Gasteiger partial charge in [-0.1, -0.05) is 42.5 Å². The van der Waals surface area contributed by atoms with Gasteiger partial charge >= 0.3 is 0 Å². The highest BCUT2D eigenvalue weighted by Crippen LogP contribution is 2.20. The molecule has 0 radical (unpaired) electrons. The number of rotatable bonds is 3. The first kappa shape index (κ1) is 10.7. The third-order valence-corrected chi connectivity index (χ3v) is 2.55. The molecule has 0 fully saturated rings. The van der Waals surface area contributed by atoms with Gasteiger partial charge in [0.1, 0.15) is 5.82 Å². The maximum Gasteiger partial charge on any atom is 0.146 e. The van der Waals surface area contributed by atoms with Gasteiger partial charge in [-0.15, -0.1) is 0 Å².